The molecule has 0 atom stereocenters. The van der Waals surface area contributed by atoms with Gasteiger partial charge in [-0.2, -0.15) is 0 Å². The Kier molecular flexibility index (Phi) is 3.22. The maximum Gasteiger partial charge on any atom is 0.338 e. The van der Waals surface area contributed by atoms with Crippen molar-refractivity contribution in [1.29, 1.82) is 0 Å². The number of carbonyl (C=O) groups is 2. The Balaban J connectivity index is 2.18. The highest BCUT2D eigenvalue weighted by atomic mass is 79.9. The van der Waals surface area contributed by atoms with E-state index < -0.39 is 28.5 Å². The number of amides is 3. The molecule has 108 valence electrons. The van der Waals surface area contributed by atoms with Crippen molar-refractivity contribution < 1.29 is 18.0 Å². The van der Waals surface area contributed by atoms with E-state index in [1.54, 1.807) is 18.2 Å². The summed E-state index contributed by atoms with van der Waals surface area (Å²) >= 11 is 3.28. The topological polar surface area (TPSA) is 83.6 Å². The van der Waals surface area contributed by atoms with Crippen LogP contribution in [0.25, 0.3) is 10.8 Å². The number of sulfonamides is 1. The quantitative estimate of drug-likeness (QED) is 0.819. The Morgan fingerprint density at radius 2 is 1.81 bits per heavy atom. The SMILES string of the molecule is O=C1CN(S(=O)(=O)c2ccc3ccccc3c2Br)C(=O)N1. The fourth-order valence-corrected chi connectivity index (χ4v) is 4.62. The van der Waals surface area contributed by atoms with Gasteiger partial charge in [-0.05, 0) is 32.8 Å². The van der Waals surface area contributed by atoms with Crippen LogP contribution in [0.1, 0.15) is 0 Å². The van der Waals surface area contributed by atoms with Crippen LogP contribution in [0.2, 0.25) is 0 Å². The standard InChI is InChI=1S/C13H9BrN2O4S/c14-12-9-4-2-1-3-8(9)5-6-10(12)21(19,20)16-7-11(17)15-13(16)18/h1-6H,7H2,(H,15,17,18). The lowest BCUT2D eigenvalue weighted by Crippen LogP contribution is -2.34. The lowest BCUT2D eigenvalue weighted by Gasteiger charge is -2.16. The van der Waals surface area contributed by atoms with Crippen LogP contribution in [-0.4, -0.2) is 31.2 Å². The Morgan fingerprint density at radius 3 is 2.48 bits per heavy atom. The monoisotopic (exact) mass is 368 g/mol. The molecule has 1 fully saturated rings. The van der Waals surface area contributed by atoms with Crippen LogP contribution in [0.15, 0.2) is 45.8 Å². The molecular formula is C13H9BrN2O4S. The molecule has 1 aliphatic heterocycles. The number of hydrogen-bond acceptors (Lipinski definition) is 4. The summed E-state index contributed by atoms with van der Waals surface area (Å²) in [5.41, 5.74) is 0. The van der Waals surface area contributed by atoms with E-state index in [1.165, 1.54) is 6.07 Å². The second-order valence-electron chi connectivity index (χ2n) is 4.46. The predicted octanol–water partition coefficient (Wildman–Crippen LogP) is 1.84. The van der Waals surface area contributed by atoms with Gasteiger partial charge in [0.15, 0.2) is 0 Å². The normalized spacial score (nSPS) is 15.6. The number of rotatable bonds is 2. The van der Waals surface area contributed by atoms with Crippen molar-refractivity contribution in [3.63, 3.8) is 0 Å². The van der Waals surface area contributed by atoms with Gasteiger partial charge < -0.3 is 0 Å². The maximum atomic E-state index is 12.5. The summed E-state index contributed by atoms with van der Waals surface area (Å²) in [6.07, 6.45) is 0. The number of hydrogen-bond donors (Lipinski definition) is 1. The highest BCUT2D eigenvalue weighted by Gasteiger charge is 2.38. The number of carbonyl (C=O) groups excluding carboxylic acids is 2. The molecule has 6 nitrogen and oxygen atoms in total. The van der Waals surface area contributed by atoms with Crippen LogP contribution in [-0.2, 0) is 14.8 Å². The van der Waals surface area contributed by atoms with Gasteiger partial charge in [0.05, 0.1) is 0 Å². The summed E-state index contributed by atoms with van der Waals surface area (Å²) in [5, 5.41) is 3.53. The Hall–Kier alpha value is -1.93. The van der Waals surface area contributed by atoms with E-state index in [2.05, 4.69) is 15.9 Å². The first-order chi connectivity index (χ1) is 9.91. The average molecular weight is 369 g/mol. The van der Waals surface area contributed by atoms with Gasteiger partial charge in [0, 0.05) is 4.47 Å². The van der Waals surface area contributed by atoms with Gasteiger partial charge >= 0.3 is 6.03 Å². The number of halogens is 1. The van der Waals surface area contributed by atoms with Crippen molar-refractivity contribution in [3.8, 4) is 0 Å². The molecule has 2 aromatic rings. The first kappa shape index (κ1) is 14.0. The molecular weight excluding hydrogens is 360 g/mol. The van der Waals surface area contributed by atoms with Gasteiger partial charge in [0.2, 0.25) is 5.91 Å². The number of fused-ring (bicyclic) bond motifs is 1. The third kappa shape index (κ3) is 2.20. The number of urea groups is 1. The second-order valence-corrected chi connectivity index (χ2v) is 7.09. The predicted molar refractivity (Wildman–Crippen MR) is 79.1 cm³/mol. The van der Waals surface area contributed by atoms with Gasteiger partial charge in [-0.1, -0.05) is 30.3 Å². The third-order valence-corrected chi connectivity index (χ3v) is 6.04. The lowest BCUT2D eigenvalue weighted by atomic mass is 10.1. The molecule has 0 saturated carbocycles. The summed E-state index contributed by atoms with van der Waals surface area (Å²) in [4.78, 5) is 22.7. The summed E-state index contributed by atoms with van der Waals surface area (Å²) in [5.74, 6) is -0.638. The van der Waals surface area contributed by atoms with Crippen molar-refractivity contribution in [2.75, 3.05) is 6.54 Å². The molecule has 1 saturated heterocycles. The van der Waals surface area contributed by atoms with Crippen LogP contribution < -0.4 is 5.32 Å². The van der Waals surface area contributed by atoms with Crippen LogP contribution in [0.3, 0.4) is 0 Å². The zero-order chi connectivity index (χ0) is 15.2. The van der Waals surface area contributed by atoms with Gasteiger partial charge in [-0.15, -0.1) is 0 Å². The lowest BCUT2D eigenvalue weighted by molar-refractivity contribution is -0.118. The molecule has 1 N–H and O–H groups in total. The molecule has 21 heavy (non-hydrogen) atoms. The molecule has 0 radical (unpaired) electrons. The van der Waals surface area contributed by atoms with Gasteiger partial charge in [0.1, 0.15) is 11.4 Å². The molecule has 8 heteroatoms. The fourth-order valence-electron chi connectivity index (χ4n) is 2.15. The maximum absolute atomic E-state index is 12.5. The van der Waals surface area contributed by atoms with E-state index in [-0.39, 0.29) is 4.90 Å². The summed E-state index contributed by atoms with van der Waals surface area (Å²) < 4.78 is 26.0. The minimum Gasteiger partial charge on any atom is -0.275 e. The van der Waals surface area contributed by atoms with E-state index in [0.717, 1.165) is 5.39 Å². The molecule has 1 heterocycles. The minimum absolute atomic E-state index is 0.0500. The largest absolute Gasteiger partial charge is 0.338 e. The number of benzene rings is 2. The summed E-state index contributed by atoms with van der Waals surface area (Å²) in [7, 11) is -4.09. The van der Waals surface area contributed by atoms with Gasteiger partial charge in [0.25, 0.3) is 10.0 Å². The van der Waals surface area contributed by atoms with Gasteiger partial charge in [-0.25, -0.2) is 17.5 Å². The molecule has 0 spiro atoms. The highest BCUT2D eigenvalue weighted by Crippen LogP contribution is 2.32. The first-order valence-electron chi connectivity index (χ1n) is 5.95. The molecule has 0 bridgehead atoms. The Labute approximate surface area is 128 Å². The first-order valence-corrected chi connectivity index (χ1v) is 8.18. The van der Waals surface area contributed by atoms with Crippen molar-refractivity contribution in [2.24, 2.45) is 0 Å². The van der Waals surface area contributed by atoms with E-state index >= 15 is 0 Å². The molecule has 3 rings (SSSR count). The zero-order valence-corrected chi connectivity index (χ0v) is 12.9. The van der Waals surface area contributed by atoms with E-state index in [1.807, 2.05) is 17.4 Å². The van der Waals surface area contributed by atoms with Crippen LogP contribution in [0.4, 0.5) is 4.79 Å². The summed E-state index contributed by atoms with van der Waals surface area (Å²) in [6, 6.07) is 9.39. The van der Waals surface area contributed by atoms with Crippen molar-refractivity contribution >= 4 is 48.7 Å². The summed E-state index contributed by atoms with van der Waals surface area (Å²) in [6.45, 7) is -0.500. The average Bonchev–Trinajstić information content (AvgIpc) is 2.79. The van der Waals surface area contributed by atoms with Crippen LogP contribution in [0, 0.1) is 0 Å². The Morgan fingerprint density at radius 1 is 1.10 bits per heavy atom. The number of nitrogens with one attached hydrogen (secondary N) is 1. The number of imide groups is 1. The van der Waals surface area contributed by atoms with Gasteiger partial charge in [-0.3, -0.25) is 10.1 Å². The van der Waals surface area contributed by atoms with Crippen molar-refractivity contribution in [1.82, 2.24) is 9.62 Å². The smallest absolute Gasteiger partial charge is 0.275 e. The van der Waals surface area contributed by atoms with Crippen molar-refractivity contribution in [3.05, 3.63) is 40.9 Å². The molecule has 3 amide bonds. The van der Waals surface area contributed by atoms with E-state index in [4.69, 9.17) is 0 Å². The third-order valence-electron chi connectivity index (χ3n) is 3.16. The number of nitrogens with zero attached hydrogens (tertiary/aromatic N) is 1. The molecule has 0 aromatic heterocycles. The van der Waals surface area contributed by atoms with Crippen LogP contribution in [0.5, 0.6) is 0 Å². The zero-order valence-electron chi connectivity index (χ0n) is 10.5. The fraction of sp³-hybridized carbons (Fsp3) is 0.0769. The molecule has 0 aliphatic carbocycles. The Bertz CT molecular complexity index is 879. The molecule has 2 aromatic carbocycles. The highest BCUT2D eigenvalue weighted by molar-refractivity contribution is 9.10. The van der Waals surface area contributed by atoms with Crippen molar-refractivity contribution in [2.45, 2.75) is 4.90 Å². The van der Waals surface area contributed by atoms with E-state index in [0.29, 0.717) is 14.2 Å². The van der Waals surface area contributed by atoms with Crippen LogP contribution >= 0.6 is 15.9 Å². The second kappa shape index (κ2) is 4.81. The van der Waals surface area contributed by atoms with E-state index in [9.17, 15) is 18.0 Å². The molecule has 1 aliphatic rings. The molecule has 0 unspecified atom stereocenters. The minimum atomic E-state index is -4.09.